The van der Waals surface area contributed by atoms with Crippen LogP contribution in [-0.4, -0.2) is 16.5 Å². The Bertz CT molecular complexity index is 534. The van der Waals surface area contributed by atoms with Gasteiger partial charge in [0, 0.05) is 23.2 Å². The molecule has 0 aliphatic carbocycles. The highest BCUT2D eigenvalue weighted by Crippen LogP contribution is 2.27. The molecule has 0 spiro atoms. The molecule has 2 aromatic heterocycles. The molecule has 102 valence electrons. The number of anilines is 1. The van der Waals surface area contributed by atoms with Gasteiger partial charge in [-0.05, 0) is 31.4 Å². The number of rotatable bonds is 6. The van der Waals surface area contributed by atoms with E-state index in [1.165, 1.54) is 4.88 Å². The molecule has 0 amide bonds. The van der Waals surface area contributed by atoms with Crippen LogP contribution in [-0.2, 0) is 12.8 Å². The number of aromatic nitrogens is 2. The fourth-order valence-electron chi connectivity index (χ4n) is 1.82. The van der Waals surface area contributed by atoms with E-state index in [4.69, 9.17) is 0 Å². The summed E-state index contributed by atoms with van der Waals surface area (Å²) in [4.78, 5) is 11.8. The topological polar surface area (TPSA) is 37.8 Å². The van der Waals surface area contributed by atoms with Crippen LogP contribution in [0.15, 0.2) is 18.2 Å². The van der Waals surface area contributed by atoms with Gasteiger partial charge in [0.15, 0.2) is 5.82 Å². The maximum Gasteiger partial charge on any atom is 0.171 e. The first-order valence-corrected chi connectivity index (χ1v) is 7.79. The number of nitrogens with one attached hydrogen (secondary N) is 1. The van der Waals surface area contributed by atoms with Crippen LogP contribution in [0.2, 0.25) is 0 Å². The minimum Gasteiger partial charge on any atom is -0.370 e. The molecule has 2 aromatic rings. The standard InChI is InChI=1S/C15H21N3S/c1-4-9-16-14-10-11(5-2)17-15(18-14)13-8-7-12(6-3)19-13/h7-8,10H,4-6,9H2,1-3H3,(H,16,17,18). The zero-order chi connectivity index (χ0) is 13.7. The van der Waals surface area contributed by atoms with Crippen LogP contribution in [0.25, 0.3) is 10.7 Å². The fourth-order valence-corrected chi connectivity index (χ4v) is 2.70. The summed E-state index contributed by atoms with van der Waals surface area (Å²) in [5, 5.41) is 3.35. The Morgan fingerprint density at radius 2 is 1.95 bits per heavy atom. The van der Waals surface area contributed by atoms with Crippen molar-refractivity contribution in [1.82, 2.24) is 9.97 Å². The van der Waals surface area contributed by atoms with Gasteiger partial charge in [-0.15, -0.1) is 11.3 Å². The van der Waals surface area contributed by atoms with E-state index in [1.807, 2.05) is 6.07 Å². The number of thiophene rings is 1. The molecule has 0 aliphatic rings. The summed E-state index contributed by atoms with van der Waals surface area (Å²) in [6, 6.07) is 6.34. The minimum atomic E-state index is 0.850. The Labute approximate surface area is 119 Å². The highest BCUT2D eigenvalue weighted by molar-refractivity contribution is 7.15. The first-order chi connectivity index (χ1) is 9.26. The van der Waals surface area contributed by atoms with Crippen LogP contribution in [0, 0.1) is 0 Å². The van der Waals surface area contributed by atoms with Crippen molar-refractivity contribution in [3.8, 4) is 10.7 Å². The predicted molar refractivity (Wildman–Crippen MR) is 82.9 cm³/mol. The maximum atomic E-state index is 4.64. The van der Waals surface area contributed by atoms with Crippen molar-refractivity contribution in [3.63, 3.8) is 0 Å². The van der Waals surface area contributed by atoms with Crippen LogP contribution in [0.5, 0.6) is 0 Å². The van der Waals surface area contributed by atoms with E-state index in [2.05, 4.69) is 48.2 Å². The third-order valence-corrected chi connectivity index (χ3v) is 4.15. The normalized spacial score (nSPS) is 10.7. The van der Waals surface area contributed by atoms with Gasteiger partial charge in [-0.1, -0.05) is 20.8 Å². The molecule has 0 bridgehead atoms. The Balaban J connectivity index is 2.32. The van der Waals surface area contributed by atoms with Crippen molar-refractivity contribution >= 4 is 17.2 Å². The van der Waals surface area contributed by atoms with Gasteiger partial charge in [-0.3, -0.25) is 0 Å². The van der Waals surface area contributed by atoms with Crippen LogP contribution in [0.4, 0.5) is 5.82 Å². The van der Waals surface area contributed by atoms with Gasteiger partial charge in [0.2, 0.25) is 0 Å². The van der Waals surface area contributed by atoms with E-state index in [-0.39, 0.29) is 0 Å². The van der Waals surface area contributed by atoms with Gasteiger partial charge in [0.25, 0.3) is 0 Å². The van der Waals surface area contributed by atoms with Crippen LogP contribution in [0.3, 0.4) is 0 Å². The van der Waals surface area contributed by atoms with Gasteiger partial charge in [-0.25, -0.2) is 9.97 Å². The number of nitrogens with zero attached hydrogens (tertiary/aromatic N) is 2. The van der Waals surface area contributed by atoms with E-state index < -0.39 is 0 Å². The lowest BCUT2D eigenvalue weighted by molar-refractivity contribution is 0.952. The first-order valence-electron chi connectivity index (χ1n) is 6.97. The minimum absolute atomic E-state index is 0.850. The van der Waals surface area contributed by atoms with Crippen molar-refractivity contribution in [2.45, 2.75) is 40.0 Å². The number of hydrogen-bond acceptors (Lipinski definition) is 4. The molecule has 2 heterocycles. The molecule has 0 fully saturated rings. The summed E-state index contributed by atoms with van der Waals surface area (Å²) in [7, 11) is 0. The highest BCUT2D eigenvalue weighted by Gasteiger charge is 2.08. The molecule has 0 aromatic carbocycles. The summed E-state index contributed by atoms with van der Waals surface area (Å²) in [6.07, 6.45) is 3.10. The number of aryl methyl sites for hydroxylation is 2. The molecule has 0 atom stereocenters. The Hall–Kier alpha value is -1.42. The smallest absolute Gasteiger partial charge is 0.171 e. The molecule has 19 heavy (non-hydrogen) atoms. The maximum absolute atomic E-state index is 4.64. The second-order valence-electron chi connectivity index (χ2n) is 4.47. The summed E-state index contributed by atoms with van der Waals surface area (Å²) in [5.41, 5.74) is 1.09. The SMILES string of the molecule is CCCNc1cc(CC)nc(-c2ccc(CC)s2)n1. The van der Waals surface area contributed by atoms with Gasteiger partial charge in [0.05, 0.1) is 4.88 Å². The van der Waals surface area contributed by atoms with Crippen molar-refractivity contribution in [1.29, 1.82) is 0 Å². The summed E-state index contributed by atoms with van der Waals surface area (Å²) >= 11 is 1.78. The third kappa shape index (κ3) is 3.53. The molecule has 0 unspecified atom stereocenters. The average molecular weight is 275 g/mol. The largest absolute Gasteiger partial charge is 0.370 e. The zero-order valence-electron chi connectivity index (χ0n) is 11.9. The third-order valence-electron chi connectivity index (χ3n) is 2.93. The Morgan fingerprint density at radius 1 is 1.11 bits per heavy atom. The Kier molecular flexibility index (Phi) is 4.91. The molecule has 4 heteroatoms. The quantitative estimate of drug-likeness (QED) is 0.860. The van der Waals surface area contributed by atoms with E-state index in [0.717, 1.165) is 48.0 Å². The van der Waals surface area contributed by atoms with Crippen molar-refractivity contribution < 1.29 is 0 Å². The zero-order valence-corrected chi connectivity index (χ0v) is 12.7. The van der Waals surface area contributed by atoms with E-state index >= 15 is 0 Å². The summed E-state index contributed by atoms with van der Waals surface area (Å²) in [6.45, 7) is 7.40. The van der Waals surface area contributed by atoms with Crippen LogP contribution < -0.4 is 5.32 Å². The van der Waals surface area contributed by atoms with Crippen molar-refractivity contribution in [3.05, 3.63) is 28.8 Å². The monoisotopic (exact) mass is 275 g/mol. The fraction of sp³-hybridized carbons (Fsp3) is 0.467. The first kappa shape index (κ1) is 14.0. The molecule has 0 aliphatic heterocycles. The molecule has 2 rings (SSSR count). The van der Waals surface area contributed by atoms with Crippen LogP contribution >= 0.6 is 11.3 Å². The highest BCUT2D eigenvalue weighted by atomic mass is 32.1. The van der Waals surface area contributed by atoms with Gasteiger partial charge in [0.1, 0.15) is 5.82 Å². The van der Waals surface area contributed by atoms with E-state index in [9.17, 15) is 0 Å². The molecular weight excluding hydrogens is 254 g/mol. The second-order valence-corrected chi connectivity index (χ2v) is 5.64. The van der Waals surface area contributed by atoms with E-state index in [0.29, 0.717) is 0 Å². The van der Waals surface area contributed by atoms with Crippen molar-refractivity contribution in [2.24, 2.45) is 0 Å². The van der Waals surface area contributed by atoms with Crippen LogP contribution in [0.1, 0.15) is 37.8 Å². The molecule has 1 N–H and O–H groups in total. The number of hydrogen-bond donors (Lipinski definition) is 1. The Morgan fingerprint density at radius 3 is 2.58 bits per heavy atom. The van der Waals surface area contributed by atoms with Gasteiger partial charge >= 0.3 is 0 Å². The van der Waals surface area contributed by atoms with Crippen molar-refractivity contribution in [2.75, 3.05) is 11.9 Å². The molecule has 0 radical (unpaired) electrons. The molecule has 0 saturated heterocycles. The second kappa shape index (κ2) is 6.66. The molecule has 0 saturated carbocycles. The average Bonchev–Trinajstić information content (AvgIpc) is 2.93. The molecule has 3 nitrogen and oxygen atoms in total. The lowest BCUT2D eigenvalue weighted by Crippen LogP contribution is -2.05. The lowest BCUT2D eigenvalue weighted by Gasteiger charge is -2.07. The predicted octanol–water partition coefficient (Wildman–Crippen LogP) is 4.15. The lowest BCUT2D eigenvalue weighted by atomic mass is 10.3. The summed E-state index contributed by atoms with van der Waals surface area (Å²) < 4.78 is 0. The van der Waals surface area contributed by atoms with E-state index in [1.54, 1.807) is 11.3 Å². The summed E-state index contributed by atoms with van der Waals surface area (Å²) in [5.74, 6) is 1.79. The van der Waals surface area contributed by atoms with Gasteiger partial charge in [-0.2, -0.15) is 0 Å². The van der Waals surface area contributed by atoms with Gasteiger partial charge < -0.3 is 5.32 Å². The molecular formula is C15H21N3S.